The second-order valence-corrected chi connectivity index (χ2v) is 12.6. The normalized spacial score (nSPS) is 27.1. The van der Waals surface area contributed by atoms with Crippen LogP contribution in [0.2, 0.25) is 0 Å². The summed E-state index contributed by atoms with van der Waals surface area (Å²) in [7, 11) is 0. The van der Waals surface area contributed by atoms with Crippen molar-refractivity contribution in [1.29, 1.82) is 0 Å². The van der Waals surface area contributed by atoms with Crippen LogP contribution >= 0.6 is 0 Å². The van der Waals surface area contributed by atoms with Gasteiger partial charge in [-0.15, -0.1) is 0 Å². The summed E-state index contributed by atoms with van der Waals surface area (Å²) >= 11 is 0. The molecule has 0 saturated carbocycles. The molecule has 0 aliphatic carbocycles. The largest absolute Gasteiger partial charge is 0.480 e. The lowest BCUT2D eigenvalue weighted by Crippen LogP contribution is -2.44. The highest BCUT2D eigenvalue weighted by Gasteiger charge is 2.42. The first-order valence-corrected chi connectivity index (χ1v) is 16.6. The third-order valence-electron chi connectivity index (χ3n) is 7.82. The van der Waals surface area contributed by atoms with Gasteiger partial charge >= 0.3 is 35.8 Å². The quantitative estimate of drug-likeness (QED) is 0.0902. The van der Waals surface area contributed by atoms with Gasteiger partial charge in [0.15, 0.2) is 0 Å². The SMILES string of the molecule is CCCC1(C)OC(=O)C(=C/C=C(C)/C=C/C2=C(O)OC(CC3OC(=O)C(=C/C=C(C)/C=C/C4=C(O)OC(C)(CCC)OC4=O)C(=O)O3)OC2=O)C(=O)O1. The average Bonchev–Trinajstić information content (AvgIpc) is 3.03. The molecule has 0 aromatic heterocycles. The molecule has 2 N–H and O–H groups in total. The van der Waals surface area contributed by atoms with E-state index in [2.05, 4.69) is 0 Å². The highest BCUT2D eigenvalue weighted by molar-refractivity contribution is 6.16. The minimum atomic E-state index is -1.53. The van der Waals surface area contributed by atoms with E-state index in [1.54, 1.807) is 13.8 Å². The van der Waals surface area contributed by atoms with Crippen LogP contribution in [-0.2, 0) is 66.7 Å². The second-order valence-electron chi connectivity index (χ2n) is 12.6. The Hall–Kier alpha value is -6.06. The van der Waals surface area contributed by atoms with Gasteiger partial charge in [-0.1, -0.05) is 49.3 Å². The van der Waals surface area contributed by atoms with E-state index in [9.17, 15) is 39.0 Å². The first kappa shape index (κ1) is 39.7. The van der Waals surface area contributed by atoms with Gasteiger partial charge < -0.3 is 48.1 Å². The summed E-state index contributed by atoms with van der Waals surface area (Å²) in [5.74, 6) is -9.61. The van der Waals surface area contributed by atoms with E-state index in [0.717, 1.165) is 6.08 Å². The van der Waals surface area contributed by atoms with Crippen LogP contribution < -0.4 is 0 Å². The van der Waals surface area contributed by atoms with Crippen LogP contribution in [0.4, 0.5) is 0 Å². The van der Waals surface area contributed by atoms with Gasteiger partial charge in [0, 0.05) is 26.7 Å². The predicted octanol–water partition coefficient (Wildman–Crippen LogP) is 4.81. The summed E-state index contributed by atoms with van der Waals surface area (Å²) in [5, 5.41) is 20.6. The third-order valence-corrected chi connectivity index (χ3v) is 7.82. The third kappa shape index (κ3) is 10.1. The summed E-state index contributed by atoms with van der Waals surface area (Å²) in [6.07, 6.45) is 8.81. The summed E-state index contributed by atoms with van der Waals surface area (Å²) in [6.45, 7) is 9.93. The van der Waals surface area contributed by atoms with Crippen LogP contribution in [0, 0.1) is 0 Å². The number of esters is 6. The monoisotopic (exact) mass is 740 g/mol. The van der Waals surface area contributed by atoms with Crippen molar-refractivity contribution in [2.45, 2.75) is 97.8 Å². The van der Waals surface area contributed by atoms with E-state index in [1.807, 2.05) is 13.8 Å². The number of hydrogen-bond donors (Lipinski definition) is 2. The van der Waals surface area contributed by atoms with E-state index in [1.165, 1.54) is 56.4 Å². The minimum absolute atomic E-state index is 0.220. The summed E-state index contributed by atoms with van der Waals surface area (Å²) in [5.41, 5.74) is -0.492. The Morgan fingerprint density at radius 1 is 0.585 bits per heavy atom. The van der Waals surface area contributed by atoms with Gasteiger partial charge in [0.25, 0.3) is 36.0 Å². The lowest BCUT2D eigenvalue weighted by atomic mass is 10.1. The molecule has 0 aromatic rings. The maximum Gasteiger partial charge on any atom is 0.348 e. The molecule has 2 unspecified atom stereocenters. The fourth-order valence-electron chi connectivity index (χ4n) is 5.16. The summed E-state index contributed by atoms with van der Waals surface area (Å²) < 4.78 is 41.8. The van der Waals surface area contributed by atoms with Crippen molar-refractivity contribution in [3.63, 3.8) is 0 Å². The zero-order valence-electron chi connectivity index (χ0n) is 29.9. The van der Waals surface area contributed by atoms with Crippen molar-refractivity contribution >= 4 is 35.8 Å². The maximum absolute atomic E-state index is 12.6. The number of rotatable bonds is 12. The van der Waals surface area contributed by atoms with Crippen LogP contribution in [0.1, 0.15) is 73.6 Å². The zero-order valence-corrected chi connectivity index (χ0v) is 29.9. The number of aliphatic hydroxyl groups is 2. The number of ether oxygens (including phenoxy) is 8. The van der Waals surface area contributed by atoms with Crippen molar-refractivity contribution in [2.75, 3.05) is 0 Å². The second kappa shape index (κ2) is 16.5. The van der Waals surface area contributed by atoms with Gasteiger partial charge in [0.1, 0.15) is 22.3 Å². The van der Waals surface area contributed by atoms with Crippen LogP contribution in [0.25, 0.3) is 0 Å². The molecule has 2 atom stereocenters. The van der Waals surface area contributed by atoms with E-state index in [4.69, 9.17) is 37.9 Å². The Bertz CT molecular complexity index is 1780. The Kier molecular flexibility index (Phi) is 12.4. The number of cyclic esters (lactones) is 6. The number of hydrogen-bond acceptors (Lipinski definition) is 16. The molecule has 0 bridgehead atoms. The number of carbonyl (C=O) groups is 6. The molecule has 16 nitrogen and oxygen atoms in total. The molecule has 4 aliphatic rings. The molecule has 4 aliphatic heterocycles. The molecule has 0 radical (unpaired) electrons. The topological polar surface area (TPSA) is 217 Å². The maximum atomic E-state index is 12.6. The van der Waals surface area contributed by atoms with Gasteiger partial charge in [-0.25, -0.2) is 28.8 Å². The smallest absolute Gasteiger partial charge is 0.348 e. The van der Waals surface area contributed by atoms with Gasteiger partial charge in [-0.2, -0.15) is 0 Å². The minimum Gasteiger partial charge on any atom is -0.480 e. The molecule has 4 rings (SSSR count). The van der Waals surface area contributed by atoms with Crippen molar-refractivity contribution in [1.82, 2.24) is 0 Å². The van der Waals surface area contributed by atoms with E-state index in [0.29, 0.717) is 36.8 Å². The summed E-state index contributed by atoms with van der Waals surface area (Å²) in [4.78, 5) is 75.0. The Labute approximate surface area is 304 Å². The molecule has 0 amide bonds. The zero-order chi connectivity index (χ0) is 39.1. The molecule has 284 valence electrons. The lowest BCUT2D eigenvalue weighted by Gasteiger charge is -2.33. The molecule has 0 spiro atoms. The van der Waals surface area contributed by atoms with Crippen molar-refractivity contribution in [2.24, 2.45) is 0 Å². The molecule has 0 aromatic carbocycles. The fraction of sp³-hybridized carbons (Fsp3) is 0.405. The Morgan fingerprint density at radius 2 is 1.00 bits per heavy atom. The van der Waals surface area contributed by atoms with Crippen LogP contribution in [-0.4, -0.2) is 70.2 Å². The molecule has 53 heavy (non-hydrogen) atoms. The lowest BCUT2D eigenvalue weighted by molar-refractivity contribution is -0.233. The highest BCUT2D eigenvalue weighted by Crippen LogP contribution is 2.31. The summed E-state index contributed by atoms with van der Waals surface area (Å²) in [6, 6.07) is 0. The number of aliphatic hydroxyl groups excluding tert-OH is 2. The Morgan fingerprint density at radius 3 is 1.47 bits per heavy atom. The molecular weight excluding hydrogens is 700 g/mol. The molecule has 4 heterocycles. The van der Waals surface area contributed by atoms with Crippen molar-refractivity contribution < 1.29 is 76.9 Å². The van der Waals surface area contributed by atoms with Crippen LogP contribution in [0.3, 0.4) is 0 Å². The van der Waals surface area contributed by atoms with Gasteiger partial charge in [0.2, 0.25) is 0 Å². The van der Waals surface area contributed by atoms with Crippen LogP contribution in [0.15, 0.2) is 93.9 Å². The van der Waals surface area contributed by atoms with E-state index < -0.39 is 83.9 Å². The van der Waals surface area contributed by atoms with Crippen molar-refractivity contribution in [3.05, 3.63) is 93.9 Å². The molecular formula is C37H40O16. The van der Waals surface area contributed by atoms with Crippen molar-refractivity contribution in [3.8, 4) is 0 Å². The van der Waals surface area contributed by atoms with Gasteiger partial charge in [-0.3, -0.25) is 0 Å². The van der Waals surface area contributed by atoms with Gasteiger partial charge in [-0.05, 0) is 51.0 Å². The first-order chi connectivity index (χ1) is 25.0. The fourth-order valence-corrected chi connectivity index (χ4v) is 5.16. The highest BCUT2D eigenvalue weighted by atomic mass is 16.8. The predicted molar refractivity (Wildman–Crippen MR) is 179 cm³/mol. The number of allylic oxidation sites excluding steroid dienone is 8. The van der Waals surface area contributed by atoms with E-state index >= 15 is 0 Å². The van der Waals surface area contributed by atoms with Gasteiger partial charge in [0.05, 0.1) is 6.42 Å². The van der Waals surface area contributed by atoms with Crippen LogP contribution in [0.5, 0.6) is 0 Å². The Balaban J connectivity index is 1.33. The standard InChI is InChI=1S/C37H40O16/c1-7-17-36(5)50-32(42)24(33(43)51-36)15-11-20(3)9-13-22-28(38)46-26(47-29(22)39)19-27-48-30(40)23(31(41)49-27)14-10-21(4)12-16-25-34(44)52-37(6,18-8-2)53-35(25)45/h9-16,26-27,38,44H,7-8,17-19H2,1-6H3/b13-9+,16-12+,20-11+,21-10+,23-14?,24-15?. The average molecular weight is 741 g/mol. The molecule has 16 heteroatoms. The number of carbonyl (C=O) groups excluding carboxylic acids is 6. The van der Waals surface area contributed by atoms with E-state index in [-0.39, 0.29) is 16.7 Å². The molecule has 2 fully saturated rings. The first-order valence-electron chi connectivity index (χ1n) is 16.6. The molecule has 2 saturated heterocycles.